The molecule has 0 saturated heterocycles. The Labute approximate surface area is 203 Å². The molecule has 0 aliphatic heterocycles. The molecule has 7 rings (SSSR count). The maximum absolute atomic E-state index is 5.12. The van der Waals surface area contributed by atoms with Crippen molar-refractivity contribution in [3.8, 4) is 22.8 Å². The molecular weight excluding hydrogens is 430 g/mol. The van der Waals surface area contributed by atoms with Gasteiger partial charge in [-0.3, -0.25) is 0 Å². The molecule has 6 aromatic rings. The standard InChI is InChI=1S/C30H21N5/c1-3-11-25-23(9-1)24-10-2-4-12-26(24)30(25,22-15-19-34(21-22)28-13-5-7-17-31-28)27-16-20-35(33-27)29-14-6-8-18-32-29/h1-21H. The number of benzene rings is 2. The minimum absolute atomic E-state index is 0.562. The lowest BCUT2D eigenvalue weighted by molar-refractivity contribution is 0.701. The molecule has 0 fully saturated rings. The molecule has 1 aliphatic rings. The summed E-state index contributed by atoms with van der Waals surface area (Å²) >= 11 is 0. The molecule has 0 spiro atoms. The van der Waals surface area contributed by atoms with E-state index in [4.69, 9.17) is 5.10 Å². The number of aromatic nitrogens is 5. The summed E-state index contributed by atoms with van der Waals surface area (Å²) in [5, 5.41) is 5.12. The predicted octanol–water partition coefficient (Wildman–Crippen LogP) is 5.82. The summed E-state index contributed by atoms with van der Waals surface area (Å²) in [7, 11) is 0. The first-order valence-corrected chi connectivity index (χ1v) is 11.6. The molecule has 0 bridgehead atoms. The molecular formula is C30H21N5. The van der Waals surface area contributed by atoms with Crippen LogP contribution < -0.4 is 0 Å². The van der Waals surface area contributed by atoms with Crippen LogP contribution in [0.15, 0.2) is 128 Å². The van der Waals surface area contributed by atoms with E-state index in [0.29, 0.717) is 0 Å². The fraction of sp³-hybridized carbons (Fsp3) is 0.0333. The molecule has 2 aromatic carbocycles. The molecule has 0 saturated carbocycles. The Bertz CT molecular complexity index is 1520. The van der Waals surface area contributed by atoms with Crippen molar-refractivity contribution >= 4 is 0 Å². The Morgan fingerprint density at radius 3 is 1.86 bits per heavy atom. The Hall–Kier alpha value is -4.77. The van der Waals surface area contributed by atoms with Gasteiger partial charge in [-0.1, -0.05) is 60.7 Å². The molecule has 1 aliphatic carbocycles. The quantitative estimate of drug-likeness (QED) is 0.339. The number of nitrogens with zero attached hydrogens (tertiary/aromatic N) is 5. The van der Waals surface area contributed by atoms with Crippen LogP contribution in [0.2, 0.25) is 0 Å². The van der Waals surface area contributed by atoms with Crippen molar-refractivity contribution in [3.05, 3.63) is 150 Å². The second kappa shape index (κ2) is 7.64. The summed E-state index contributed by atoms with van der Waals surface area (Å²) in [6.45, 7) is 0. The highest BCUT2D eigenvalue weighted by atomic mass is 15.3. The zero-order chi connectivity index (χ0) is 23.2. The van der Waals surface area contributed by atoms with Crippen molar-refractivity contribution < 1.29 is 0 Å². The zero-order valence-electron chi connectivity index (χ0n) is 18.9. The third-order valence-corrected chi connectivity index (χ3v) is 6.85. The van der Waals surface area contributed by atoms with E-state index in [0.717, 1.165) is 22.9 Å². The van der Waals surface area contributed by atoms with Crippen molar-refractivity contribution in [3.63, 3.8) is 0 Å². The number of hydrogen-bond acceptors (Lipinski definition) is 3. The summed E-state index contributed by atoms with van der Waals surface area (Å²) in [5.41, 5.74) is 6.47. The molecule has 35 heavy (non-hydrogen) atoms. The topological polar surface area (TPSA) is 48.5 Å². The highest BCUT2D eigenvalue weighted by molar-refractivity contribution is 5.85. The Balaban J connectivity index is 1.52. The minimum atomic E-state index is -0.562. The third-order valence-electron chi connectivity index (χ3n) is 6.85. The summed E-state index contributed by atoms with van der Waals surface area (Å²) in [6, 6.07) is 33.5. The van der Waals surface area contributed by atoms with Gasteiger partial charge in [-0.2, -0.15) is 5.10 Å². The molecule has 0 unspecified atom stereocenters. The van der Waals surface area contributed by atoms with Gasteiger partial charge >= 0.3 is 0 Å². The van der Waals surface area contributed by atoms with Gasteiger partial charge in [-0.15, -0.1) is 0 Å². The van der Waals surface area contributed by atoms with Crippen LogP contribution in [0, 0.1) is 0 Å². The van der Waals surface area contributed by atoms with E-state index >= 15 is 0 Å². The average molecular weight is 452 g/mol. The largest absolute Gasteiger partial charge is 0.308 e. The van der Waals surface area contributed by atoms with Gasteiger partial charge in [0.05, 0.1) is 11.1 Å². The predicted molar refractivity (Wildman–Crippen MR) is 136 cm³/mol. The van der Waals surface area contributed by atoms with Crippen LogP contribution in [0.3, 0.4) is 0 Å². The first-order chi connectivity index (χ1) is 17.4. The second-order valence-corrected chi connectivity index (χ2v) is 8.67. The lowest BCUT2D eigenvalue weighted by Gasteiger charge is -2.30. The number of hydrogen-bond donors (Lipinski definition) is 0. The third kappa shape index (κ3) is 2.85. The first kappa shape index (κ1) is 19.7. The lowest BCUT2D eigenvalue weighted by Crippen LogP contribution is -2.29. The summed E-state index contributed by atoms with van der Waals surface area (Å²) < 4.78 is 3.94. The van der Waals surface area contributed by atoms with Gasteiger partial charge in [-0.25, -0.2) is 14.6 Å². The molecule has 0 N–H and O–H groups in total. The van der Waals surface area contributed by atoms with E-state index in [1.54, 1.807) is 6.20 Å². The van der Waals surface area contributed by atoms with Crippen LogP contribution in [-0.4, -0.2) is 24.3 Å². The van der Waals surface area contributed by atoms with Crippen LogP contribution >= 0.6 is 0 Å². The minimum Gasteiger partial charge on any atom is -0.308 e. The van der Waals surface area contributed by atoms with E-state index in [9.17, 15) is 0 Å². The van der Waals surface area contributed by atoms with E-state index in [-0.39, 0.29) is 0 Å². The summed E-state index contributed by atoms with van der Waals surface area (Å²) in [5.74, 6) is 1.67. The van der Waals surface area contributed by atoms with Crippen molar-refractivity contribution in [2.24, 2.45) is 0 Å². The Morgan fingerprint density at radius 2 is 1.20 bits per heavy atom. The van der Waals surface area contributed by atoms with Crippen LogP contribution in [0.1, 0.15) is 22.4 Å². The fourth-order valence-corrected chi connectivity index (χ4v) is 5.38. The number of fused-ring (bicyclic) bond motifs is 3. The monoisotopic (exact) mass is 451 g/mol. The Morgan fingerprint density at radius 1 is 0.571 bits per heavy atom. The van der Waals surface area contributed by atoms with Gasteiger partial charge < -0.3 is 4.57 Å². The van der Waals surface area contributed by atoms with Gasteiger partial charge in [0.2, 0.25) is 0 Å². The van der Waals surface area contributed by atoms with Crippen LogP contribution in [0.5, 0.6) is 0 Å². The summed E-state index contributed by atoms with van der Waals surface area (Å²) in [6.07, 6.45) is 9.87. The maximum atomic E-state index is 5.12. The first-order valence-electron chi connectivity index (χ1n) is 11.6. The van der Waals surface area contributed by atoms with Gasteiger partial charge in [0, 0.05) is 31.0 Å². The number of rotatable bonds is 4. The number of pyridine rings is 2. The highest BCUT2D eigenvalue weighted by Gasteiger charge is 2.48. The molecule has 4 aromatic heterocycles. The van der Waals surface area contributed by atoms with Gasteiger partial charge in [-0.05, 0) is 64.2 Å². The van der Waals surface area contributed by atoms with Gasteiger partial charge in [0.25, 0.3) is 0 Å². The van der Waals surface area contributed by atoms with Crippen molar-refractivity contribution in [1.29, 1.82) is 0 Å². The van der Waals surface area contributed by atoms with E-state index in [1.807, 2.05) is 53.5 Å². The SMILES string of the molecule is c1ccc(-n2ccc(C3(c4ccn(-c5ccccn5)n4)c4ccccc4-c4ccccc43)c2)nc1. The molecule has 0 radical (unpaired) electrons. The van der Waals surface area contributed by atoms with E-state index in [2.05, 4.69) is 87.6 Å². The van der Waals surface area contributed by atoms with Crippen LogP contribution in [-0.2, 0) is 5.41 Å². The smallest absolute Gasteiger partial charge is 0.153 e. The highest BCUT2D eigenvalue weighted by Crippen LogP contribution is 2.55. The molecule has 0 atom stereocenters. The van der Waals surface area contributed by atoms with Crippen LogP contribution in [0.4, 0.5) is 0 Å². The van der Waals surface area contributed by atoms with E-state index < -0.39 is 5.41 Å². The fourth-order valence-electron chi connectivity index (χ4n) is 5.38. The normalized spacial score (nSPS) is 13.4. The van der Waals surface area contributed by atoms with Crippen molar-refractivity contribution in [2.75, 3.05) is 0 Å². The van der Waals surface area contributed by atoms with Crippen molar-refractivity contribution in [1.82, 2.24) is 24.3 Å². The Kier molecular flexibility index (Phi) is 4.29. The summed E-state index contributed by atoms with van der Waals surface area (Å²) in [4.78, 5) is 9.06. The van der Waals surface area contributed by atoms with E-state index in [1.165, 1.54) is 22.3 Å². The zero-order valence-corrected chi connectivity index (χ0v) is 18.9. The second-order valence-electron chi connectivity index (χ2n) is 8.67. The lowest BCUT2D eigenvalue weighted by atomic mass is 9.71. The van der Waals surface area contributed by atoms with Crippen LogP contribution in [0.25, 0.3) is 22.8 Å². The molecule has 5 heteroatoms. The molecule has 166 valence electrons. The molecule has 4 heterocycles. The van der Waals surface area contributed by atoms with Crippen molar-refractivity contribution in [2.45, 2.75) is 5.41 Å². The average Bonchev–Trinajstić information content (AvgIpc) is 3.67. The maximum Gasteiger partial charge on any atom is 0.153 e. The van der Waals surface area contributed by atoms with Gasteiger partial charge in [0.15, 0.2) is 5.82 Å². The molecule has 0 amide bonds. The van der Waals surface area contributed by atoms with Gasteiger partial charge in [0.1, 0.15) is 5.82 Å². The molecule has 5 nitrogen and oxygen atoms in total.